The van der Waals surface area contributed by atoms with Crippen LogP contribution in [0.2, 0.25) is 0 Å². The van der Waals surface area contributed by atoms with E-state index < -0.39 is 0 Å². The van der Waals surface area contributed by atoms with Crippen molar-refractivity contribution < 1.29 is 9.90 Å². The molecule has 2 N–H and O–H groups in total. The maximum Gasteiger partial charge on any atom is 0.237 e. The summed E-state index contributed by atoms with van der Waals surface area (Å²) in [6, 6.07) is 0.0214. The summed E-state index contributed by atoms with van der Waals surface area (Å²) in [5, 5.41) is 12.7. The van der Waals surface area contributed by atoms with Gasteiger partial charge in [0.1, 0.15) is 0 Å². The highest BCUT2D eigenvalue weighted by molar-refractivity contribution is 5.81. The molecule has 0 radical (unpaired) electrons. The Hall–Kier alpha value is -0.610. The van der Waals surface area contributed by atoms with E-state index in [1.807, 2.05) is 20.8 Å². The van der Waals surface area contributed by atoms with Gasteiger partial charge < -0.3 is 10.4 Å². The highest BCUT2D eigenvalue weighted by atomic mass is 16.3. The fourth-order valence-corrected chi connectivity index (χ4v) is 2.00. The van der Waals surface area contributed by atoms with Crippen molar-refractivity contribution in [2.45, 2.75) is 52.3 Å². The summed E-state index contributed by atoms with van der Waals surface area (Å²) in [6.45, 7) is 9.37. The van der Waals surface area contributed by atoms with Crippen LogP contribution in [0.5, 0.6) is 0 Å². The van der Waals surface area contributed by atoms with Gasteiger partial charge in [0.15, 0.2) is 0 Å². The second-order valence-electron chi connectivity index (χ2n) is 5.17. The van der Waals surface area contributed by atoms with E-state index >= 15 is 0 Å². The molecule has 16 heavy (non-hydrogen) atoms. The Balaban J connectivity index is 2.48. The lowest BCUT2D eigenvalue weighted by molar-refractivity contribution is -0.128. The third kappa shape index (κ3) is 3.46. The third-order valence-electron chi connectivity index (χ3n) is 3.31. The van der Waals surface area contributed by atoms with Crippen LogP contribution in [0.25, 0.3) is 0 Å². The van der Waals surface area contributed by atoms with Gasteiger partial charge in [0, 0.05) is 12.6 Å². The maximum absolute atomic E-state index is 11.8. The summed E-state index contributed by atoms with van der Waals surface area (Å²) < 4.78 is 0. The molecular weight excluding hydrogens is 204 g/mol. The first kappa shape index (κ1) is 13.5. The molecule has 1 saturated heterocycles. The number of likely N-dealkylation sites (tertiary alicyclic amines) is 1. The average molecular weight is 228 g/mol. The predicted octanol–water partition coefficient (Wildman–Crippen LogP) is 0.602. The quantitative estimate of drug-likeness (QED) is 0.744. The van der Waals surface area contributed by atoms with Crippen molar-refractivity contribution in [3.63, 3.8) is 0 Å². The predicted molar refractivity (Wildman–Crippen MR) is 64.1 cm³/mol. The van der Waals surface area contributed by atoms with E-state index in [-0.39, 0.29) is 24.1 Å². The smallest absolute Gasteiger partial charge is 0.237 e. The Bertz CT molecular complexity index is 243. The minimum absolute atomic E-state index is 0.0525. The Morgan fingerprint density at radius 3 is 2.56 bits per heavy atom. The van der Waals surface area contributed by atoms with E-state index in [1.165, 1.54) is 0 Å². The molecule has 0 saturated carbocycles. The molecule has 4 nitrogen and oxygen atoms in total. The van der Waals surface area contributed by atoms with Crippen molar-refractivity contribution in [2.24, 2.45) is 5.92 Å². The van der Waals surface area contributed by atoms with Gasteiger partial charge in [-0.2, -0.15) is 0 Å². The Morgan fingerprint density at radius 2 is 2.06 bits per heavy atom. The molecule has 4 heteroatoms. The van der Waals surface area contributed by atoms with Gasteiger partial charge in [0.25, 0.3) is 0 Å². The molecule has 3 atom stereocenters. The van der Waals surface area contributed by atoms with Crippen LogP contribution in [-0.2, 0) is 4.79 Å². The van der Waals surface area contributed by atoms with Gasteiger partial charge in [-0.15, -0.1) is 0 Å². The van der Waals surface area contributed by atoms with Gasteiger partial charge in [-0.3, -0.25) is 9.69 Å². The molecule has 0 aliphatic carbocycles. The van der Waals surface area contributed by atoms with Crippen LogP contribution in [0.4, 0.5) is 0 Å². The van der Waals surface area contributed by atoms with Crippen molar-refractivity contribution in [3.8, 4) is 0 Å². The summed E-state index contributed by atoms with van der Waals surface area (Å²) in [7, 11) is 0. The number of aliphatic hydroxyl groups excluding tert-OH is 1. The fourth-order valence-electron chi connectivity index (χ4n) is 2.00. The Labute approximate surface area is 98.0 Å². The van der Waals surface area contributed by atoms with Gasteiger partial charge in [0.05, 0.1) is 12.1 Å². The highest BCUT2D eigenvalue weighted by Crippen LogP contribution is 2.18. The summed E-state index contributed by atoms with van der Waals surface area (Å²) in [5.41, 5.74) is 0. The van der Waals surface area contributed by atoms with E-state index in [9.17, 15) is 9.90 Å². The summed E-state index contributed by atoms with van der Waals surface area (Å²) in [6.07, 6.45) is 0.656. The highest BCUT2D eigenvalue weighted by Gasteiger charge is 2.30. The zero-order valence-electron chi connectivity index (χ0n) is 10.7. The van der Waals surface area contributed by atoms with Gasteiger partial charge in [-0.25, -0.2) is 0 Å². The topological polar surface area (TPSA) is 52.6 Å². The van der Waals surface area contributed by atoms with Crippen LogP contribution in [0.1, 0.15) is 34.1 Å². The molecule has 94 valence electrons. The Kier molecular flexibility index (Phi) is 4.74. The van der Waals surface area contributed by atoms with E-state index in [0.29, 0.717) is 12.5 Å². The number of carbonyl (C=O) groups is 1. The molecule has 1 aliphatic rings. The number of hydrogen-bond acceptors (Lipinski definition) is 3. The maximum atomic E-state index is 11.8. The lowest BCUT2D eigenvalue weighted by Gasteiger charge is -2.37. The van der Waals surface area contributed by atoms with Crippen molar-refractivity contribution in [3.05, 3.63) is 0 Å². The Morgan fingerprint density at radius 1 is 1.44 bits per heavy atom. The number of aliphatic hydroxyl groups is 1. The normalized spacial score (nSPS) is 29.1. The number of β-amino-alcohol motifs (C(OH)–C–C–N with tert-alkyl or cyclic N) is 1. The standard InChI is InChI=1S/C12H24N2O2/c1-8(2)13-12(16)10(4)14-6-5-9(3)11(15)7-14/h8-11,15H,5-7H2,1-4H3,(H,13,16). The van der Waals surface area contributed by atoms with E-state index in [4.69, 9.17) is 0 Å². The molecule has 0 aromatic rings. The number of nitrogens with one attached hydrogen (secondary N) is 1. The molecule has 1 amide bonds. The summed E-state index contributed by atoms with van der Waals surface area (Å²) in [4.78, 5) is 13.9. The van der Waals surface area contributed by atoms with Crippen LogP contribution >= 0.6 is 0 Å². The monoisotopic (exact) mass is 228 g/mol. The fraction of sp³-hybridized carbons (Fsp3) is 0.917. The van der Waals surface area contributed by atoms with Crippen LogP contribution in [0.3, 0.4) is 0 Å². The molecule has 1 heterocycles. The van der Waals surface area contributed by atoms with Crippen molar-refractivity contribution in [2.75, 3.05) is 13.1 Å². The largest absolute Gasteiger partial charge is 0.392 e. The number of piperidine rings is 1. The molecule has 1 fully saturated rings. The number of rotatable bonds is 3. The van der Waals surface area contributed by atoms with Crippen LogP contribution in [0.15, 0.2) is 0 Å². The second-order valence-corrected chi connectivity index (χ2v) is 5.17. The lowest BCUT2D eigenvalue weighted by atomic mass is 9.95. The van der Waals surface area contributed by atoms with Gasteiger partial charge in [-0.05, 0) is 39.7 Å². The molecule has 1 rings (SSSR count). The third-order valence-corrected chi connectivity index (χ3v) is 3.31. The minimum atomic E-state index is -0.303. The molecule has 0 spiro atoms. The zero-order valence-corrected chi connectivity index (χ0v) is 10.7. The minimum Gasteiger partial charge on any atom is -0.392 e. The van der Waals surface area contributed by atoms with Gasteiger partial charge in [-0.1, -0.05) is 6.92 Å². The first-order valence-electron chi connectivity index (χ1n) is 6.14. The van der Waals surface area contributed by atoms with E-state index in [1.54, 1.807) is 0 Å². The molecule has 1 aliphatic heterocycles. The number of amides is 1. The molecule has 3 unspecified atom stereocenters. The van der Waals surface area contributed by atoms with Crippen LogP contribution < -0.4 is 5.32 Å². The first-order valence-corrected chi connectivity index (χ1v) is 6.14. The molecule has 0 aromatic heterocycles. The molecular formula is C12H24N2O2. The van der Waals surface area contributed by atoms with Crippen molar-refractivity contribution in [1.29, 1.82) is 0 Å². The van der Waals surface area contributed by atoms with E-state index in [2.05, 4.69) is 17.1 Å². The lowest BCUT2D eigenvalue weighted by Crippen LogP contribution is -2.53. The summed E-state index contributed by atoms with van der Waals surface area (Å²) >= 11 is 0. The SMILES string of the molecule is CC(C)NC(=O)C(C)N1CCC(C)C(O)C1. The van der Waals surface area contributed by atoms with E-state index in [0.717, 1.165) is 13.0 Å². The van der Waals surface area contributed by atoms with Crippen molar-refractivity contribution in [1.82, 2.24) is 10.2 Å². The second kappa shape index (κ2) is 5.64. The van der Waals surface area contributed by atoms with Gasteiger partial charge >= 0.3 is 0 Å². The number of nitrogens with zero attached hydrogens (tertiary/aromatic N) is 1. The van der Waals surface area contributed by atoms with Crippen LogP contribution in [-0.4, -0.2) is 47.2 Å². The average Bonchev–Trinajstić information content (AvgIpc) is 2.20. The molecule has 0 aromatic carbocycles. The molecule has 0 bridgehead atoms. The van der Waals surface area contributed by atoms with Crippen molar-refractivity contribution >= 4 is 5.91 Å². The summed E-state index contributed by atoms with van der Waals surface area (Å²) in [5.74, 6) is 0.397. The number of carbonyl (C=O) groups excluding carboxylic acids is 1. The van der Waals surface area contributed by atoms with Gasteiger partial charge in [0.2, 0.25) is 5.91 Å². The first-order chi connectivity index (χ1) is 7.41. The number of hydrogen-bond donors (Lipinski definition) is 2. The zero-order chi connectivity index (χ0) is 12.3. The van der Waals surface area contributed by atoms with Crippen LogP contribution in [0, 0.1) is 5.92 Å².